The highest BCUT2D eigenvalue weighted by Crippen LogP contribution is 2.27. The number of carbonyl (C=O) groups is 1. The molecule has 0 saturated heterocycles. The molecule has 0 saturated carbocycles. The minimum atomic E-state index is -0.290. The number of hydrogen-bond donors (Lipinski definition) is 1. The van der Waals surface area contributed by atoms with Gasteiger partial charge in [0, 0.05) is 24.4 Å². The van der Waals surface area contributed by atoms with Gasteiger partial charge in [-0.15, -0.1) is 11.3 Å². The Balaban J connectivity index is 2.08. The molecule has 84 valence electrons. The van der Waals surface area contributed by atoms with Gasteiger partial charge in [0.1, 0.15) is 6.42 Å². The Morgan fingerprint density at radius 3 is 3.31 bits per heavy atom. The highest BCUT2D eigenvalue weighted by Gasteiger charge is 2.18. The summed E-state index contributed by atoms with van der Waals surface area (Å²) in [6.45, 7) is 1.89. The molecule has 0 bridgehead atoms. The molecule has 0 aliphatic carbocycles. The molecule has 0 aromatic carbocycles. The van der Waals surface area contributed by atoms with E-state index in [4.69, 9.17) is 5.26 Å². The van der Waals surface area contributed by atoms with Crippen molar-refractivity contribution >= 4 is 22.4 Å². The van der Waals surface area contributed by atoms with Gasteiger partial charge in [-0.2, -0.15) is 5.26 Å². The largest absolute Gasteiger partial charge is 0.301 e. The van der Waals surface area contributed by atoms with E-state index in [-0.39, 0.29) is 12.3 Å². The van der Waals surface area contributed by atoms with Crippen LogP contribution >= 0.6 is 11.3 Å². The fraction of sp³-hybridized carbons (Fsp3) is 0.500. The smallest absolute Gasteiger partial charge is 0.240 e. The Morgan fingerprint density at radius 1 is 1.75 bits per heavy atom. The van der Waals surface area contributed by atoms with Crippen molar-refractivity contribution in [3.63, 3.8) is 0 Å². The monoisotopic (exact) mass is 236 g/mol. The summed E-state index contributed by atoms with van der Waals surface area (Å²) >= 11 is 1.50. The van der Waals surface area contributed by atoms with Crippen LogP contribution in [0.2, 0.25) is 0 Å². The van der Waals surface area contributed by atoms with Crippen LogP contribution in [-0.4, -0.2) is 29.4 Å². The maximum atomic E-state index is 11.2. The zero-order valence-electron chi connectivity index (χ0n) is 8.99. The molecule has 0 radical (unpaired) electrons. The normalized spacial score (nSPS) is 15.2. The molecule has 1 aliphatic heterocycles. The van der Waals surface area contributed by atoms with Gasteiger partial charge in [0.05, 0.1) is 11.8 Å². The highest BCUT2D eigenvalue weighted by molar-refractivity contribution is 7.15. The van der Waals surface area contributed by atoms with E-state index in [1.54, 1.807) is 0 Å². The van der Waals surface area contributed by atoms with Gasteiger partial charge in [-0.25, -0.2) is 4.98 Å². The van der Waals surface area contributed by atoms with Crippen molar-refractivity contribution in [3.05, 3.63) is 10.6 Å². The number of hydrogen-bond acceptors (Lipinski definition) is 5. The van der Waals surface area contributed by atoms with Crippen LogP contribution in [0, 0.1) is 11.3 Å². The number of carbonyl (C=O) groups excluding carboxylic acids is 1. The summed E-state index contributed by atoms with van der Waals surface area (Å²) in [7, 11) is 2.07. The second-order valence-corrected chi connectivity index (χ2v) is 4.84. The molecule has 0 fully saturated rings. The van der Waals surface area contributed by atoms with Crippen molar-refractivity contribution in [3.8, 4) is 6.07 Å². The third kappa shape index (κ3) is 2.38. The lowest BCUT2D eigenvalue weighted by Gasteiger charge is -2.20. The van der Waals surface area contributed by atoms with Gasteiger partial charge in [0.2, 0.25) is 5.91 Å². The van der Waals surface area contributed by atoms with E-state index < -0.39 is 0 Å². The van der Waals surface area contributed by atoms with Crippen molar-refractivity contribution in [2.75, 3.05) is 18.9 Å². The van der Waals surface area contributed by atoms with Crippen LogP contribution in [0.3, 0.4) is 0 Å². The molecule has 2 rings (SSSR count). The van der Waals surface area contributed by atoms with E-state index in [9.17, 15) is 4.79 Å². The minimum Gasteiger partial charge on any atom is -0.301 e. The number of aromatic nitrogens is 1. The Kier molecular flexibility index (Phi) is 3.17. The number of likely N-dealkylation sites (N-methyl/N-ethyl adjacent to an activating group) is 1. The van der Waals surface area contributed by atoms with Crippen LogP contribution in [0.4, 0.5) is 5.13 Å². The number of anilines is 1. The van der Waals surface area contributed by atoms with E-state index in [1.807, 2.05) is 6.07 Å². The first-order valence-electron chi connectivity index (χ1n) is 5.03. The first kappa shape index (κ1) is 11.0. The Labute approximate surface area is 97.7 Å². The van der Waals surface area contributed by atoms with Crippen LogP contribution in [0.1, 0.15) is 17.0 Å². The number of amides is 1. The summed E-state index contributed by atoms with van der Waals surface area (Å²) in [5.74, 6) is -0.290. The van der Waals surface area contributed by atoms with E-state index >= 15 is 0 Å². The Hall–Kier alpha value is -1.45. The third-order valence-electron chi connectivity index (χ3n) is 2.41. The maximum Gasteiger partial charge on any atom is 0.240 e. The van der Waals surface area contributed by atoms with Gasteiger partial charge in [-0.3, -0.25) is 4.79 Å². The molecule has 1 N–H and O–H groups in total. The number of fused-ring (bicyclic) bond motifs is 1. The SMILES string of the molecule is CN1CCc2nc(NC(=O)CC#N)sc2C1. The molecule has 2 heterocycles. The molecule has 0 spiro atoms. The molecule has 1 aliphatic rings. The molecule has 0 unspecified atom stereocenters. The van der Waals surface area contributed by atoms with Crippen molar-refractivity contribution in [1.29, 1.82) is 5.26 Å². The van der Waals surface area contributed by atoms with Crippen LogP contribution in [-0.2, 0) is 17.8 Å². The number of rotatable bonds is 2. The van der Waals surface area contributed by atoms with Gasteiger partial charge in [0.15, 0.2) is 5.13 Å². The fourth-order valence-electron chi connectivity index (χ4n) is 1.61. The zero-order chi connectivity index (χ0) is 11.5. The van der Waals surface area contributed by atoms with Crippen LogP contribution < -0.4 is 5.32 Å². The first-order chi connectivity index (χ1) is 7.69. The third-order valence-corrected chi connectivity index (χ3v) is 3.41. The minimum absolute atomic E-state index is 0.121. The van der Waals surface area contributed by atoms with E-state index in [0.717, 1.165) is 25.2 Å². The Bertz CT molecular complexity index is 448. The molecule has 0 atom stereocenters. The van der Waals surface area contributed by atoms with Crippen molar-refractivity contribution in [2.24, 2.45) is 0 Å². The first-order valence-corrected chi connectivity index (χ1v) is 5.84. The average molecular weight is 236 g/mol. The molecule has 1 aromatic heterocycles. The highest BCUT2D eigenvalue weighted by atomic mass is 32.1. The summed E-state index contributed by atoms with van der Waals surface area (Å²) < 4.78 is 0. The second-order valence-electron chi connectivity index (χ2n) is 3.76. The molecule has 1 amide bonds. The average Bonchev–Trinajstić information content (AvgIpc) is 2.59. The number of nitrogens with zero attached hydrogens (tertiary/aromatic N) is 3. The lowest BCUT2D eigenvalue weighted by atomic mass is 10.2. The summed E-state index contributed by atoms with van der Waals surface area (Å²) in [5, 5.41) is 11.6. The van der Waals surface area contributed by atoms with Crippen molar-refractivity contribution < 1.29 is 4.79 Å². The van der Waals surface area contributed by atoms with Crippen molar-refractivity contribution in [1.82, 2.24) is 9.88 Å². The lowest BCUT2D eigenvalue weighted by molar-refractivity contribution is -0.115. The van der Waals surface area contributed by atoms with Crippen LogP contribution in [0.25, 0.3) is 0 Å². The van der Waals surface area contributed by atoms with Gasteiger partial charge < -0.3 is 10.2 Å². The number of nitriles is 1. The Morgan fingerprint density at radius 2 is 2.56 bits per heavy atom. The summed E-state index contributed by atoms with van der Waals surface area (Å²) in [5.41, 5.74) is 1.08. The topological polar surface area (TPSA) is 69.0 Å². The standard InChI is InChI=1S/C10H12N4OS/c1-14-5-3-7-8(6-14)16-10(12-7)13-9(15)2-4-11/h2-3,5-6H2,1H3,(H,12,13,15). The fourth-order valence-corrected chi connectivity index (χ4v) is 2.72. The predicted octanol–water partition coefficient (Wildman–Crippen LogP) is 0.983. The van der Waals surface area contributed by atoms with Gasteiger partial charge >= 0.3 is 0 Å². The zero-order valence-corrected chi connectivity index (χ0v) is 9.80. The summed E-state index contributed by atoms with van der Waals surface area (Å²) in [6, 6.07) is 1.81. The molecule has 1 aromatic rings. The molecular formula is C10H12N4OS. The summed E-state index contributed by atoms with van der Waals surface area (Å²) in [6.07, 6.45) is 0.806. The number of nitrogens with one attached hydrogen (secondary N) is 1. The van der Waals surface area contributed by atoms with Crippen LogP contribution in [0.15, 0.2) is 0 Å². The van der Waals surface area contributed by atoms with E-state index in [0.29, 0.717) is 5.13 Å². The predicted molar refractivity (Wildman–Crippen MR) is 61.0 cm³/mol. The molecular weight excluding hydrogens is 224 g/mol. The lowest BCUT2D eigenvalue weighted by Crippen LogP contribution is -2.25. The van der Waals surface area contributed by atoms with Gasteiger partial charge in [0.25, 0.3) is 0 Å². The van der Waals surface area contributed by atoms with Crippen LogP contribution in [0.5, 0.6) is 0 Å². The molecule has 16 heavy (non-hydrogen) atoms. The molecule has 5 nitrogen and oxygen atoms in total. The quantitative estimate of drug-likeness (QED) is 0.831. The second kappa shape index (κ2) is 4.60. The number of thiazole rings is 1. The van der Waals surface area contributed by atoms with Gasteiger partial charge in [-0.05, 0) is 7.05 Å². The molecule has 6 heteroatoms. The summed E-state index contributed by atoms with van der Waals surface area (Å²) in [4.78, 5) is 19.0. The maximum absolute atomic E-state index is 11.2. The van der Waals surface area contributed by atoms with Gasteiger partial charge in [-0.1, -0.05) is 0 Å². The van der Waals surface area contributed by atoms with E-state index in [1.165, 1.54) is 16.2 Å². The van der Waals surface area contributed by atoms with Crippen molar-refractivity contribution in [2.45, 2.75) is 19.4 Å². The van der Waals surface area contributed by atoms with E-state index in [2.05, 4.69) is 22.2 Å².